The van der Waals surface area contributed by atoms with Gasteiger partial charge in [-0.15, -0.1) is 0 Å². The molecule has 2 N–H and O–H groups in total. The highest BCUT2D eigenvalue weighted by Gasteiger charge is 2.35. The summed E-state index contributed by atoms with van der Waals surface area (Å²) in [5.41, 5.74) is -0.660. The van der Waals surface area contributed by atoms with Crippen LogP contribution in [0.5, 0.6) is 5.75 Å². The minimum absolute atomic E-state index is 0.296. The lowest BCUT2D eigenvalue weighted by Crippen LogP contribution is -2.45. The lowest BCUT2D eigenvalue weighted by Gasteiger charge is -2.23. The number of hydrogen-bond acceptors (Lipinski definition) is 3. The molecule has 5 nitrogen and oxygen atoms in total. The molecule has 0 saturated carbocycles. The summed E-state index contributed by atoms with van der Waals surface area (Å²) in [4.78, 5) is 24.6. The summed E-state index contributed by atoms with van der Waals surface area (Å²) in [7, 11) is 1.52. The summed E-state index contributed by atoms with van der Waals surface area (Å²) in [5, 5.41) is 5.91. The Kier molecular flexibility index (Phi) is 6.88. The van der Waals surface area contributed by atoms with Gasteiger partial charge in [-0.1, -0.05) is 25.4 Å². The maximum atomic E-state index is 12.4. The van der Waals surface area contributed by atoms with Crippen LogP contribution >= 0.6 is 11.6 Å². The first-order chi connectivity index (χ1) is 10.7. The minimum atomic E-state index is -1.18. The first-order valence-corrected chi connectivity index (χ1v) is 7.99. The summed E-state index contributed by atoms with van der Waals surface area (Å²) in [5.74, 6) is 0.333. The first kappa shape index (κ1) is 19.3. The quantitative estimate of drug-likeness (QED) is 0.747. The number of carbonyl (C=O) groups excluding carboxylic acids is 2. The Labute approximate surface area is 142 Å². The Morgan fingerprint density at radius 2 is 1.91 bits per heavy atom. The zero-order valence-electron chi connectivity index (χ0n) is 14.3. The molecule has 2 amide bonds. The number of rotatable bonds is 7. The van der Waals surface area contributed by atoms with Gasteiger partial charge in [0.1, 0.15) is 11.2 Å². The number of ether oxygens (including phenoxy) is 1. The van der Waals surface area contributed by atoms with Crippen molar-refractivity contribution in [1.29, 1.82) is 0 Å². The smallest absolute Gasteiger partial charge is 0.239 e. The van der Waals surface area contributed by atoms with Gasteiger partial charge in [0.15, 0.2) is 0 Å². The van der Waals surface area contributed by atoms with Gasteiger partial charge in [-0.05, 0) is 44.4 Å². The second kappa shape index (κ2) is 8.20. The van der Waals surface area contributed by atoms with Crippen molar-refractivity contribution in [3.8, 4) is 5.75 Å². The average molecular weight is 341 g/mol. The summed E-state index contributed by atoms with van der Waals surface area (Å²) in [6.07, 6.45) is 0.873. The maximum Gasteiger partial charge on any atom is 0.239 e. The Balaban J connectivity index is 2.71. The Bertz CT molecular complexity index is 571. The van der Waals surface area contributed by atoms with Crippen molar-refractivity contribution >= 4 is 29.1 Å². The van der Waals surface area contributed by atoms with Crippen LogP contribution in [0.1, 0.15) is 34.1 Å². The number of benzene rings is 1. The van der Waals surface area contributed by atoms with E-state index in [0.29, 0.717) is 28.9 Å². The maximum absolute atomic E-state index is 12.4. The molecular weight excluding hydrogens is 316 g/mol. The minimum Gasteiger partial charge on any atom is -0.495 e. The highest BCUT2D eigenvalue weighted by atomic mass is 35.5. The van der Waals surface area contributed by atoms with Gasteiger partial charge in [0, 0.05) is 12.2 Å². The summed E-state index contributed by atoms with van der Waals surface area (Å²) in [6, 6.07) is 4.92. The van der Waals surface area contributed by atoms with Gasteiger partial charge < -0.3 is 15.4 Å². The third-order valence-electron chi connectivity index (χ3n) is 3.55. The van der Waals surface area contributed by atoms with Crippen LogP contribution < -0.4 is 15.4 Å². The lowest BCUT2D eigenvalue weighted by molar-refractivity contribution is -0.138. The third-order valence-corrected chi connectivity index (χ3v) is 3.85. The van der Waals surface area contributed by atoms with E-state index in [-0.39, 0.29) is 11.8 Å². The predicted molar refractivity (Wildman–Crippen MR) is 92.9 cm³/mol. The van der Waals surface area contributed by atoms with Crippen molar-refractivity contribution in [2.75, 3.05) is 19.0 Å². The van der Waals surface area contributed by atoms with Crippen molar-refractivity contribution in [3.63, 3.8) is 0 Å². The van der Waals surface area contributed by atoms with E-state index >= 15 is 0 Å². The molecule has 0 bridgehead atoms. The second-order valence-electron chi connectivity index (χ2n) is 6.37. The number of halogens is 1. The van der Waals surface area contributed by atoms with Crippen LogP contribution in [0.15, 0.2) is 18.2 Å². The van der Waals surface area contributed by atoms with Gasteiger partial charge in [0.25, 0.3) is 0 Å². The fourth-order valence-electron chi connectivity index (χ4n) is 1.83. The molecule has 23 heavy (non-hydrogen) atoms. The van der Waals surface area contributed by atoms with Gasteiger partial charge in [-0.3, -0.25) is 9.59 Å². The number of methoxy groups -OCH3 is 1. The second-order valence-corrected chi connectivity index (χ2v) is 6.77. The van der Waals surface area contributed by atoms with Crippen LogP contribution in [0.2, 0.25) is 5.02 Å². The zero-order chi connectivity index (χ0) is 17.6. The largest absolute Gasteiger partial charge is 0.495 e. The third kappa shape index (κ3) is 5.43. The Hall–Kier alpha value is -1.75. The van der Waals surface area contributed by atoms with E-state index in [9.17, 15) is 9.59 Å². The average Bonchev–Trinajstić information content (AvgIpc) is 2.46. The molecule has 6 heteroatoms. The highest BCUT2D eigenvalue weighted by molar-refractivity contribution is 6.32. The summed E-state index contributed by atoms with van der Waals surface area (Å²) < 4.78 is 5.07. The monoisotopic (exact) mass is 340 g/mol. The molecule has 0 atom stereocenters. The van der Waals surface area contributed by atoms with Crippen molar-refractivity contribution in [1.82, 2.24) is 5.32 Å². The lowest BCUT2D eigenvalue weighted by atomic mass is 9.90. The van der Waals surface area contributed by atoms with Gasteiger partial charge in [-0.2, -0.15) is 0 Å². The molecule has 0 fully saturated rings. The van der Waals surface area contributed by atoms with Crippen LogP contribution in [0.4, 0.5) is 5.69 Å². The molecule has 0 saturated heterocycles. The van der Waals surface area contributed by atoms with E-state index in [2.05, 4.69) is 24.5 Å². The molecule has 0 heterocycles. The molecule has 0 unspecified atom stereocenters. The van der Waals surface area contributed by atoms with E-state index in [1.54, 1.807) is 32.0 Å². The van der Waals surface area contributed by atoms with Crippen molar-refractivity contribution in [3.05, 3.63) is 23.2 Å². The molecular formula is C17H25ClN2O3. The molecule has 1 aromatic carbocycles. The fraction of sp³-hybridized carbons (Fsp3) is 0.529. The van der Waals surface area contributed by atoms with Gasteiger partial charge in [0.2, 0.25) is 11.8 Å². The van der Waals surface area contributed by atoms with Gasteiger partial charge in [-0.25, -0.2) is 0 Å². The Morgan fingerprint density at radius 3 is 2.43 bits per heavy atom. The number of amides is 2. The van der Waals surface area contributed by atoms with E-state index in [1.807, 2.05) is 0 Å². The van der Waals surface area contributed by atoms with Gasteiger partial charge >= 0.3 is 0 Å². The van der Waals surface area contributed by atoms with Crippen LogP contribution in [0, 0.1) is 11.3 Å². The van der Waals surface area contributed by atoms with E-state index in [0.717, 1.165) is 6.42 Å². The molecule has 0 aliphatic heterocycles. The number of hydrogen-bond donors (Lipinski definition) is 2. The molecule has 128 valence electrons. The molecule has 0 aromatic heterocycles. The summed E-state index contributed by atoms with van der Waals surface area (Å²) in [6.45, 7) is 7.91. The van der Waals surface area contributed by atoms with Crippen LogP contribution in [0.25, 0.3) is 0 Å². The summed E-state index contributed by atoms with van der Waals surface area (Å²) >= 11 is 6.03. The number of nitrogens with one attached hydrogen (secondary N) is 2. The zero-order valence-corrected chi connectivity index (χ0v) is 15.1. The first-order valence-electron chi connectivity index (χ1n) is 7.61. The SMILES string of the molecule is COc1ccc(NC(=O)C(C)(C)C(=O)NCCC(C)C)cc1Cl. The standard InChI is InChI=1S/C17H25ClN2O3/c1-11(2)8-9-19-15(21)17(3,4)16(22)20-12-6-7-14(23-5)13(18)10-12/h6-7,10-11H,8-9H2,1-5H3,(H,19,21)(H,20,22). The van der Waals surface area contributed by atoms with Gasteiger partial charge in [0.05, 0.1) is 12.1 Å². The van der Waals surface area contributed by atoms with Crippen molar-refractivity contribution in [2.24, 2.45) is 11.3 Å². The van der Waals surface area contributed by atoms with Crippen LogP contribution in [-0.2, 0) is 9.59 Å². The Morgan fingerprint density at radius 1 is 1.26 bits per heavy atom. The number of anilines is 1. The van der Waals surface area contributed by atoms with E-state index in [1.165, 1.54) is 7.11 Å². The molecule has 0 aliphatic rings. The number of carbonyl (C=O) groups is 2. The van der Waals surface area contributed by atoms with E-state index < -0.39 is 5.41 Å². The molecule has 0 spiro atoms. The molecule has 1 aromatic rings. The van der Waals surface area contributed by atoms with Crippen molar-refractivity contribution < 1.29 is 14.3 Å². The molecule has 1 rings (SSSR count). The van der Waals surface area contributed by atoms with Crippen LogP contribution in [-0.4, -0.2) is 25.5 Å². The highest BCUT2D eigenvalue weighted by Crippen LogP contribution is 2.28. The van der Waals surface area contributed by atoms with Crippen LogP contribution in [0.3, 0.4) is 0 Å². The van der Waals surface area contributed by atoms with Crippen molar-refractivity contribution in [2.45, 2.75) is 34.1 Å². The topological polar surface area (TPSA) is 67.4 Å². The normalized spacial score (nSPS) is 11.3. The van der Waals surface area contributed by atoms with E-state index in [4.69, 9.17) is 16.3 Å². The predicted octanol–water partition coefficient (Wildman–Crippen LogP) is 3.48. The molecule has 0 radical (unpaired) electrons. The fourth-order valence-corrected chi connectivity index (χ4v) is 2.09. The molecule has 0 aliphatic carbocycles.